The van der Waals surface area contributed by atoms with Gasteiger partial charge in [-0.25, -0.2) is 0 Å². The second kappa shape index (κ2) is 4.95. The van der Waals surface area contributed by atoms with Crippen LogP contribution in [0.1, 0.15) is 29.3 Å². The van der Waals surface area contributed by atoms with E-state index in [1.54, 1.807) is 11.3 Å². The highest BCUT2D eigenvalue weighted by atomic mass is 32.1. The summed E-state index contributed by atoms with van der Waals surface area (Å²) in [5, 5.41) is 11.7. The minimum Gasteiger partial charge on any atom is -0.292 e. The van der Waals surface area contributed by atoms with Crippen molar-refractivity contribution in [2.75, 3.05) is 0 Å². The maximum atomic E-state index is 5.48. The van der Waals surface area contributed by atoms with Crippen molar-refractivity contribution in [2.45, 2.75) is 25.3 Å². The lowest BCUT2D eigenvalue weighted by Crippen LogP contribution is -2.16. The smallest absolute Gasteiger partial charge is 0.196 e. The van der Waals surface area contributed by atoms with Crippen molar-refractivity contribution in [3.05, 3.63) is 44.2 Å². The number of hydrogen-bond donors (Lipinski definition) is 1. The summed E-state index contributed by atoms with van der Waals surface area (Å²) in [6.07, 6.45) is 3.55. The van der Waals surface area contributed by atoms with Gasteiger partial charge in [-0.2, -0.15) is 5.10 Å². The van der Waals surface area contributed by atoms with Gasteiger partial charge in [0, 0.05) is 4.88 Å². The molecule has 3 aromatic heterocycles. The molecule has 1 aliphatic rings. The molecule has 20 heavy (non-hydrogen) atoms. The number of aryl methyl sites for hydroxylation is 1. The van der Waals surface area contributed by atoms with Gasteiger partial charge < -0.3 is 0 Å². The van der Waals surface area contributed by atoms with Gasteiger partial charge in [-0.05, 0) is 59.9 Å². The molecule has 102 valence electrons. The lowest BCUT2D eigenvalue weighted by Gasteiger charge is -2.24. The van der Waals surface area contributed by atoms with Crippen LogP contribution in [0.25, 0.3) is 10.7 Å². The van der Waals surface area contributed by atoms with Gasteiger partial charge in [-0.3, -0.25) is 9.67 Å². The molecule has 4 rings (SSSR count). The van der Waals surface area contributed by atoms with Crippen molar-refractivity contribution < 1.29 is 0 Å². The SMILES string of the molecule is S=c1[nH]nc(-c2cccs2)n1C1CCCc2sccc21. The zero-order chi connectivity index (χ0) is 13.5. The zero-order valence-electron chi connectivity index (χ0n) is 10.7. The molecule has 1 atom stereocenters. The fourth-order valence-corrected chi connectivity index (χ4v) is 4.85. The average Bonchev–Trinajstić information content (AvgIpc) is 3.18. The highest BCUT2D eigenvalue weighted by Crippen LogP contribution is 2.38. The molecule has 1 aliphatic carbocycles. The minimum absolute atomic E-state index is 0.327. The Kier molecular flexibility index (Phi) is 3.09. The van der Waals surface area contributed by atoms with Crippen LogP contribution in [0.2, 0.25) is 0 Å². The van der Waals surface area contributed by atoms with E-state index in [-0.39, 0.29) is 0 Å². The van der Waals surface area contributed by atoms with E-state index in [9.17, 15) is 0 Å². The predicted octanol–water partition coefficient (Wildman–Crippen LogP) is 4.66. The Morgan fingerprint density at radius 1 is 1.30 bits per heavy atom. The monoisotopic (exact) mass is 319 g/mol. The first kappa shape index (κ1) is 12.5. The number of fused-ring (bicyclic) bond motifs is 1. The van der Waals surface area contributed by atoms with E-state index in [1.165, 1.54) is 28.2 Å². The quantitative estimate of drug-likeness (QED) is 0.697. The van der Waals surface area contributed by atoms with Gasteiger partial charge in [-0.15, -0.1) is 22.7 Å². The first-order valence-corrected chi connectivity index (χ1v) is 8.78. The maximum absolute atomic E-state index is 5.48. The van der Waals surface area contributed by atoms with E-state index >= 15 is 0 Å². The summed E-state index contributed by atoms with van der Waals surface area (Å²) in [5.41, 5.74) is 1.43. The van der Waals surface area contributed by atoms with E-state index in [4.69, 9.17) is 12.2 Å². The molecule has 0 fully saturated rings. The van der Waals surface area contributed by atoms with Crippen LogP contribution >= 0.6 is 34.9 Å². The van der Waals surface area contributed by atoms with Crippen LogP contribution in [0.4, 0.5) is 0 Å². The van der Waals surface area contributed by atoms with Gasteiger partial charge in [0.25, 0.3) is 0 Å². The lowest BCUT2D eigenvalue weighted by molar-refractivity contribution is 0.493. The second-order valence-electron chi connectivity index (χ2n) is 4.91. The summed E-state index contributed by atoms with van der Waals surface area (Å²) in [6, 6.07) is 6.73. The van der Waals surface area contributed by atoms with E-state index in [0.29, 0.717) is 6.04 Å². The molecule has 3 aromatic rings. The number of thiophene rings is 2. The molecule has 0 saturated carbocycles. The topological polar surface area (TPSA) is 33.6 Å². The fraction of sp³-hybridized carbons (Fsp3) is 0.286. The molecule has 6 heteroatoms. The fourth-order valence-electron chi connectivity index (χ4n) is 2.90. The standard InChI is InChI=1S/C14H13N3S3/c18-14-16-15-13(12-5-2-7-19-12)17(14)10-3-1-4-11-9(10)6-8-20-11/h2,5-8,10H,1,3-4H2,(H,16,18). The third-order valence-electron chi connectivity index (χ3n) is 3.78. The number of H-pyrrole nitrogens is 1. The molecule has 0 amide bonds. The largest absolute Gasteiger partial charge is 0.292 e. The normalized spacial score (nSPS) is 18.1. The number of nitrogens with one attached hydrogen (secondary N) is 1. The number of nitrogens with zero attached hydrogens (tertiary/aromatic N) is 2. The molecule has 3 heterocycles. The van der Waals surface area contributed by atoms with Gasteiger partial charge in [0.15, 0.2) is 10.6 Å². The Morgan fingerprint density at radius 3 is 3.10 bits per heavy atom. The molecule has 0 bridgehead atoms. The third-order valence-corrected chi connectivity index (χ3v) is 5.93. The Labute approximate surface area is 129 Å². The predicted molar refractivity (Wildman–Crippen MR) is 86.1 cm³/mol. The van der Waals surface area contributed by atoms with Crippen molar-refractivity contribution >= 4 is 34.9 Å². The van der Waals surface area contributed by atoms with Crippen molar-refractivity contribution in [3.8, 4) is 10.7 Å². The van der Waals surface area contributed by atoms with Crippen LogP contribution in [0.3, 0.4) is 0 Å². The van der Waals surface area contributed by atoms with Gasteiger partial charge >= 0.3 is 0 Å². The molecule has 3 nitrogen and oxygen atoms in total. The van der Waals surface area contributed by atoms with Gasteiger partial charge in [0.2, 0.25) is 0 Å². The van der Waals surface area contributed by atoms with E-state index < -0.39 is 0 Å². The second-order valence-corrected chi connectivity index (χ2v) is 7.24. The lowest BCUT2D eigenvalue weighted by atomic mass is 9.94. The molecule has 0 saturated heterocycles. The maximum Gasteiger partial charge on any atom is 0.196 e. The number of aromatic nitrogens is 3. The summed E-state index contributed by atoms with van der Waals surface area (Å²) < 4.78 is 2.92. The molecule has 1 unspecified atom stereocenters. The highest BCUT2D eigenvalue weighted by molar-refractivity contribution is 7.71. The summed E-state index contributed by atoms with van der Waals surface area (Å²) in [6.45, 7) is 0. The molecule has 0 aromatic carbocycles. The van der Waals surface area contributed by atoms with E-state index in [1.807, 2.05) is 11.3 Å². The number of hydrogen-bond acceptors (Lipinski definition) is 4. The zero-order valence-corrected chi connectivity index (χ0v) is 13.2. The average molecular weight is 319 g/mol. The van der Waals surface area contributed by atoms with Crippen LogP contribution in [0.5, 0.6) is 0 Å². The van der Waals surface area contributed by atoms with Crippen molar-refractivity contribution in [2.24, 2.45) is 0 Å². The Bertz CT molecular complexity index is 779. The molecule has 0 radical (unpaired) electrons. The van der Waals surface area contributed by atoms with Crippen LogP contribution in [0, 0.1) is 4.77 Å². The third kappa shape index (κ3) is 1.90. The van der Waals surface area contributed by atoms with E-state index in [2.05, 4.69) is 43.7 Å². The summed E-state index contributed by atoms with van der Waals surface area (Å²) >= 11 is 9.05. The summed E-state index contributed by atoms with van der Waals surface area (Å²) in [4.78, 5) is 2.67. The van der Waals surface area contributed by atoms with Gasteiger partial charge in [0.05, 0.1) is 10.9 Å². The van der Waals surface area contributed by atoms with Crippen LogP contribution < -0.4 is 0 Å². The summed E-state index contributed by atoms with van der Waals surface area (Å²) in [7, 11) is 0. The Hall–Kier alpha value is -1.24. The molecule has 0 spiro atoms. The Morgan fingerprint density at radius 2 is 2.25 bits per heavy atom. The van der Waals surface area contributed by atoms with Crippen LogP contribution in [-0.4, -0.2) is 14.8 Å². The van der Waals surface area contributed by atoms with E-state index in [0.717, 1.165) is 17.0 Å². The Balaban J connectivity index is 1.89. The molecule has 0 aliphatic heterocycles. The molecule has 1 N–H and O–H groups in total. The highest BCUT2D eigenvalue weighted by Gasteiger charge is 2.26. The van der Waals surface area contributed by atoms with Crippen LogP contribution in [0.15, 0.2) is 29.0 Å². The van der Waals surface area contributed by atoms with Gasteiger partial charge in [-0.1, -0.05) is 6.07 Å². The van der Waals surface area contributed by atoms with Gasteiger partial charge in [0.1, 0.15) is 0 Å². The first-order chi connectivity index (χ1) is 9.84. The first-order valence-electron chi connectivity index (χ1n) is 6.61. The molecular formula is C14H13N3S3. The van der Waals surface area contributed by atoms with Crippen molar-refractivity contribution in [3.63, 3.8) is 0 Å². The number of aromatic amines is 1. The van der Waals surface area contributed by atoms with Crippen molar-refractivity contribution in [1.29, 1.82) is 0 Å². The molecular weight excluding hydrogens is 306 g/mol. The van der Waals surface area contributed by atoms with Crippen LogP contribution in [-0.2, 0) is 6.42 Å². The minimum atomic E-state index is 0.327. The number of rotatable bonds is 2. The van der Waals surface area contributed by atoms with Crippen molar-refractivity contribution in [1.82, 2.24) is 14.8 Å². The summed E-state index contributed by atoms with van der Waals surface area (Å²) in [5.74, 6) is 0.967.